The molecule has 0 bridgehead atoms. The lowest BCUT2D eigenvalue weighted by atomic mass is 10.2. The Kier molecular flexibility index (Phi) is 3.09. The molecule has 1 unspecified atom stereocenters. The molecule has 1 N–H and O–H groups in total. The Balaban J connectivity index is 2.06. The van der Waals surface area contributed by atoms with E-state index in [1.165, 1.54) is 12.1 Å². The minimum atomic E-state index is -0.417. The second-order valence-corrected chi connectivity index (χ2v) is 3.69. The standard InChI is InChI=1S/C12H12N2O3/c1-9(12-3-2-8-17-12)13-10-4-6-11(7-5-10)14(15)16/h2-9,13H,1H3. The summed E-state index contributed by atoms with van der Waals surface area (Å²) in [5, 5.41) is 13.7. The fraction of sp³-hybridized carbons (Fsp3) is 0.167. The number of hydrogen-bond acceptors (Lipinski definition) is 4. The highest BCUT2D eigenvalue weighted by molar-refractivity contribution is 5.49. The normalized spacial score (nSPS) is 12.1. The van der Waals surface area contributed by atoms with Crippen molar-refractivity contribution in [3.63, 3.8) is 0 Å². The monoisotopic (exact) mass is 232 g/mol. The van der Waals surface area contributed by atoms with Gasteiger partial charge in [0.05, 0.1) is 17.2 Å². The van der Waals surface area contributed by atoms with E-state index in [4.69, 9.17) is 4.42 Å². The molecule has 0 aliphatic heterocycles. The fourth-order valence-corrected chi connectivity index (χ4v) is 1.54. The number of furan rings is 1. The third-order valence-electron chi connectivity index (χ3n) is 2.43. The van der Waals surface area contributed by atoms with Gasteiger partial charge in [-0.05, 0) is 31.2 Å². The first kappa shape index (κ1) is 11.2. The van der Waals surface area contributed by atoms with Crippen LogP contribution in [0.3, 0.4) is 0 Å². The smallest absolute Gasteiger partial charge is 0.269 e. The molecule has 1 heterocycles. The van der Waals surface area contributed by atoms with Crippen LogP contribution in [0.15, 0.2) is 47.1 Å². The lowest BCUT2D eigenvalue weighted by Crippen LogP contribution is -2.05. The molecule has 88 valence electrons. The van der Waals surface area contributed by atoms with Crippen LogP contribution in [0.5, 0.6) is 0 Å². The summed E-state index contributed by atoms with van der Waals surface area (Å²) in [6.07, 6.45) is 1.61. The highest BCUT2D eigenvalue weighted by atomic mass is 16.6. The van der Waals surface area contributed by atoms with Crippen LogP contribution >= 0.6 is 0 Å². The van der Waals surface area contributed by atoms with Crippen molar-refractivity contribution in [1.29, 1.82) is 0 Å². The SMILES string of the molecule is CC(Nc1ccc([N+](=O)[O-])cc1)c1ccco1. The van der Waals surface area contributed by atoms with Crippen LogP contribution in [0, 0.1) is 10.1 Å². The van der Waals surface area contributed by atoms with Crippen LogP contribution < -0.4 is 5.32 Å². The lowest BCUT2D eigenvalue weighted by molar-refractivity contribution is -0.384. The molecule has 0 aliphatic carbocycles. The maximum absolute atomic E-state index is 10.5. The van der Waals surface area contributed by atoms with Gasteiger partial charge < -0.3 is 9.73 Å². The van der Waals surface area contributed by atoms with Gasteiger partial charge in [-0.15, -0.1) is 0 Å². The van der Waals surface area contributed by atoms with E-state index in [1.54, 1.807) is 18.4 Å². The second-order valence-electron chi connectivity index (χ2n) is 3.69. The first-order valence-electron chi connectivity index (χ1n) is 5.21. The van der Waals surface area contributed by atoms with Crippen molar-refractivity contribution in [2.45, 2.75) is 13.0 Å². The van der Waals surface area contributed by atoms with Crippen LogP contribution in [-0.2, 0) is 0 Å². The van der Waals surface area contributed by atoms with E-state index in [2.05, 4.69) is 5.32 Å². The van der Waals surface area contributed by atoms with E-state index in [1.807, 2.05) is 19.1 Å². The van der Waals surface area contributed by atoms with Crippen LogP contribution in [0.4, 0.5) is 11.4 Å². The number of hydrogen-bond donors (Lipinski definition) is 1. The number of nitrogens with one attached hydrogen (secondary N) is 1. The number of nitrogens with zero attached hydrogens (tertiary/aromatic N) is 1. The van der Waals surface area contributed by atoms with E-state index in [-0.39, 0.29) is 11.7 Å². The van der Waals surface area contributed by atoms with E-state index >= 15 is 0 Å². The number of nitro groups is 1. The maximum Gasteiger partial charge on any atom is 0.269 e. The topological polar surface area (TPSA) is 68.3 Å². The Labute approximate surface area is 98.2 Å². The van der Waals surface area contributed by atoms with Gasteiger partial charge in [-0.1, -0.05) is 0 Å². The molecule has 1 atom stereocenters. The molecular formula is C12H12N2O3. The fourth-order valence-electron chi connectivity index (χ4n) is 1.54. The van der Waals surface area contributed by atoms with Crippen molar-refractivity contribution >= 4 is 11.4 Å². The van der Waals surface area contributed by atoms with Gasteiger partial charge in [0.15, 0.2) is 0 Å². The van der Waals surface area contributed by atoms with Gasteiger partial charge in [-0.3, -0.25) is 10.1 Å². The summed E-state index contributed by atoms with van der Waals surface area (Å²) in [4.78, 5) is 10.1. The minimum absolute atomic E-state index is 0.0199. The van der Waals surface area contributed by atoms with Crippen LogP contribution in [0.2, 0.25) is 0 Å². The molecule has 0 saturated carbocycles. The van der Waals surface area contributed by atoms with Crippen LogP contribution in [-0.4, -0.2) is 4.92 Å². The third kappa shape index (κ3) is 2.63. The Morgan fingerprint density at radius 1 is 1.29 bits per heavy atom. The zero-order chi connectivity index (χ0) is 12.3. The molecule has 1 aromatic heterocycles. The van der Waals surface area contributed by atoms with E-state index in [0.717, 1.165) is 11.4 Å². The molecule has 2 rings (SSSR count). The molecule has 0 fully saturated rings. The summed E-state index contributed by atoms with van der Waals surface area (Å²) in [5.74, 6) is 0.823. The first-order valence-corrected chi connectivity index (χ1v) is 5.21. The van der Waals surface area contributed by atoms with Crippen molar-refractivity contribution in [3.8, 4) is 0 Å². The molecule has 1 aromatic carbocycles. The molecule has 5 heteroatoms. The molecular weight excluding hydrogens is 220 g/mol. The number of rotatable bonds is 4. The molecule has 5 nitrogen and oxygen atoms in total. The quantitative estimate of drug-likeness (QED) is 0.648. The van der Waals surface area contributed by atoms with Gasteiger partial charge in [0, 0.05) is 17.8 Å². The highest BCUT2D eigenvalue weighted by Gasteiger charge is 2.09. The van der Waals surface area contributed by atoms with E-state index in [9.17, 15) is 10.1 Å². The Bertz CT molecular complexity index is 491. The highest BCUT2D eigenvalue weighted by Crippen LogP contribution is 2.21. The summed E-state index contributed by atoms with van der Waals surface area (Å²) in [7, 11) is 0. The zero-order valence-electron chi connectivity index (χ0n) is 9.29. The molecule has 0 aliphatic rings. The lowest BCUT2D eigenvalue weighted by Gasteiger charge is -2.12. The van der Waals surface area contributed by atoms with Gasteiger partial charge >= 0.3 is 0 Å². The van der Waals surface area contributed by atoms with Gasteiger partial charge in [0.2, 0.25) is 0 Å². The van der Waals surface area contributed by atoms with Gasteiger partial charge in [0.25, 0.3) is 5.69 Å². The Hall–Kier alpha value is -2.30. The van der Waals surface area contributed by atoms with Crippen LogP contribution in [0.25, 0.3) is 0 Å². The number of anilines is 1. The third-order valence-corrected chi connectivity index (χ3v) is 2.43. The molecule has 0 saturated heterocycles. The van der Waals surface area contributed by atoms with Gasteiger partial charge in [0.1, 0.15) is 5.76 Å². The van der Waals surface area contributed by atoms with Crippen molar-refractivity contribution in [3.05, 3.63) is 58.5 Å². The predicted octanol–water partition coefficient (Wildman–Crippen LogP) is 3.36. The van der Waals surface area contributed by atoms with Crippen molar-refractivity contribution in [2.24, 2.45) is 0 Å². The molecule has 0 spiro atoms. The summed E-state index contributed by atoms with van der Waals surface area (Å²) in [6.45, 7) is 1.96. The van der Waals surface area contributed by atoms with Crippen LogP contribution in [0.1, 0.15) is 18.7 Å². The predicted molar refractivity (Wildman–Crippen MR) is 63.8 cm³/mol. The van der Waals surface area contributed by atoms with Crippen molar-refractivity contribution in [1.82, 2.24) is 0 Å². The summed E-state index contributed by atoms with van der Waals surface area (Å²) >= 11 is 0. The molecule has 0 radical (unpaired) electrons. The second kappa shape index (κ2) is 4.69. The average molecular weight is 232 g/mol. The Morgan fingerprint density at radius 3 is 2.53 bits per heavy atom. The van der Waals surface area contributed by atoms with Gasteiger partial charge in [-0.2, -0.15) is 0 Å². The number of non-ortho nitro benzene ring substituents is 1. The van der Waals surface area contributed by atoms with Crippen molar-refractivity contribution in [2.75, 3.05) is 5.32 Å². The maximum atomic E-state index is 10.5. The number of benzene rings is 1. The number of nitro benzene ring substituents is 1. The van der Waals surface area contributed by atoms with Crippen molar-refractivity contribution < 1.29 is 9.34 Å². The molecule has 0 amide bonds. The average Bonchev–Trinajstić information content (AvgIpc) is 2.83. The molecule has 17 heavy (non-hydrogen) atoms. The Morgan fingerprint density at radius 2 is 2.00 bits per heavy atom. The van der Waals surface area contributed by atoms with E-state index < -0.39 is 4.92 Å². The van der Waals surface area contributed by atoms with Gasteiger partial charge in [-0.25, -0.2) is 0 Å². The minimum Gasteiger partial charge on any atom is -0.467 e. The summed E-state index contributed by atoms with van der Waals surface area (Å²) in [5.41, 5.74) is 0.903. The zero-order valence-corrected chi connectivity index (χ0v) is 9.29. The van der Waals surface area contributed by atoms with E-state index in [0.29, 0.717) is 0 Å². The summed E-state index contributed by atoms with van der Waals surface area (Å²) < 4.78 is 5.26. The first-order chi connectivity index (χ1) is 8.16. The molecule has 2 aromatic rings. The largest absolute Gasteiger partial charge is 0.467 e. The summed E-state index contributed by atoms with van der Waals surface area (Å²) in [6, 6.07) is 10.0.